The molecule has 0 fully saturated rings. The van der Waals surface area contributed by atoms with Crippen LogP contribution in [0.25, 0.3) is 33.6 Å². The Hall–Kier alpha value is -3.97. The molecule has 0 aliphatic heterocycles. The van der Waals surface area contributed by atoms with Crippen LogP contribution in [0.5, 0.6) is 0 Å². The molecule has 184 valence electrons. The normalized spacial score (nSPS) is 12.3. The first-order chi connectivity index (χ1) is 17.2. The van der Waals surface area contributed by atoms with E-state index in [1.165, 1.54) is 19.1 Å². The average Bonchev–Trinajstić information content (AvgIpc) is 2.88. The highest BCUT2D eigenvalue weighted by Crippen LogP contribution is 2.38. The zero-order chi connectivity index (χ0) is 25.9. The van der Waals surface area contributed by atoms with E-state index in [0.29, 0.717) is 22.5 Å². The van der Waals surface area contributed by atoms with Gasteiger partial charge in [-0.25, -0.2) is 0 Å². The van der Waals surface area contributed by atoms with Crippen molar-refractivity contribution in [3.63, 3.8) is 0 Å². The average molecular weight is 488 g/mol. The summed E-state index contributed by atoms with van der Waals surface area (Å²) in [6.07, 6.45) is 2.30. The molecular formula is C29H27F2N3O2. The fourth-order valence-corrected chi connectivity index (χ4v) is 4.15. The van der Waals surface area contributed by atoms with Gasteiger partial charge < -0.3 is 10.4 Å². The molecular weight excluding hydrogens is 460 g/mol. The van der Waals surface area contributed by atoms with Crippen LogP contribution in [0.3, 0.4) is 0 Å². The van der Waals surface area contributed by atoms with Crippen LogP contribution in [0.2, 0.25) is 0 Å². The van der Waals surface area contributed by atoms with Crippen molar-refractivity contribution in [1.29, 1.82) is 0 Å². The van der Waals surface area contributed by atoms with Crippen molar-refractivity contribution in [2.45, 2.75) is 39.2 Å². The second-order valence-electron chi connectivity index (χ2n) is 8.58. The highest BCUT2D eigenvalue weighted by Gasteiger charge is 2.37. The number of anilines is 1. The molecule has 0 bridgehead atoms. The van der Waals surface area contributed by atoms with Crippen LogP contribution in [-0.4, -0.2) is 27.1 Å². The summed E-state index contributed by atoms with van der Waals surface area (Å²) in [4.78, 5) is 21.1. The van der Waals surface area contributed by atoms with E-state index >= 15 is 0 Å². The zero-order valence-corrected chi connectivity index (χ0v) is 20.3. The number of rotatable bonds is 7. The summed E-state index contributed by atoms with van der Waals surface area (Å²) in [6, 6.07) is 19.2. The topological polar surface area (TPSA) is 75.1 Å². The Morgan fingerprint density at radius 3 is 2.22 bits per heavy atom. The number of amides is 1. The predicted molar refractivity (Wildman–Crippen MR) is 138 cm³/mol. The van der Waals surface area contributed by atoms with Crippen LogP contribution in [0.4, 0.5) is 14.5 Å². The van der Waals surface area contributed by atoms with Crippen LogP contribution < -0.4 is 5.32 Å². The Morgan fingerprint density at radius 2 is 1.58 bits per heavy atom. The molecule has 0 aliphatic carbocycles. The smallest absolute Gasteiger partial charge is 0.298 e. The molecule has 4 aromatic rings. The Morgan fingerprint density at radius 1 is 0.944 bits per heavy atom. The van der Waals surface area contributed by atoms with Gasteiger partial charge in [0.2, 0.25) is 5.91 Å². The van der Waals surface area contributed by atoms with E-state index in [4.69, 9.17) is 0 Å². The number of alkyl halides is 2. The van der Waals surface area contributed by atoms with Crippen LogP contribution in [-0.2, 0) is 17.1 Å². The quantitative estimate of drug-likeness (QED) is 0.313. The van der Waals surface area contributed by atoms with Gasteiger partial charge >= 0.3 is 0 Å². The van der Waals surface area contributed by atoms with E-state index in [0.717, 1.165) is 35.7 Å². The molecule has 1 heterocycles. The number of aryl methyl sites for hydroxylation is 1. The number of benzene rings is 3. The lowest BCUT2D eigenvalue weighted by molar-refractivity contribution is -0.114. The molecule has 3 aromatic carbocycles. The summed E-state index contributed by atoms with van der Waals surface area (Å²) in [5.74, 6) is -3.62. The highest BCUT2D eigenvalue weighted by atomic mass is 19.3. The molecule has 0 unspecified atom stereocenters. The van der Waals surface area contributed by atoms with Gasteiger partial charge in [0.05, 0.1) is 11.4 Å². The van der Waals surface area contributed by atoms with E-state index in [9.17, 15) is 18.7 Å². The SMILES string of the molecule is CCc1ccccc1-c1nccnc1-c1ccc(NC(C)=O)c(-c2ccc(C(F)(F)[C@@H](C)O)cc2)c1. The van der Waals surface area contributed by atoms with Crippen molar-refractivity contribution >= 4 is 11.6 Å². The first kappa shape index (κ1) is 25.1. The molecule has 0 radical (unpaired) electrons. The summed E-state index contributed by atoms with van der Waals surface area (Å²) in [7, 11) is 0. The molecule has 1 aromatic heterocycles. The number of carbonyl (C=O) groups excluding carboxylic acids is 1. The summed E-state index contributed by atoms with van der Waals surface area (Å²) < 4.78 is 28.6. The van der Waals surface area contributed by atoms with Crippen molar-refractivity contribution in [3.05, 3.63) is 90.3 Å². The number of halogens is 2. The first-order valence-corrected chi connectivity index (χ1v) is 11.7. The lowest BCUT2D eigenvalue weighted by atomic mass is 9.94. The molecule has 4 rings (SSSR count). The Labute approximate surface area is 208 Å². The molecule has 0 spiro atoms. The number of carbonyl (C=O) groups is 1. The maximum absolute atomic E-state index is 14.3. The summed E-state index contributed by atoms with van der Waals surface area (Å²) in [6.45, 7) is 4.55. The lowest BCUT2D eigenvalue weighted by Gasteiger charge is -2.20. The molecule has 1 atom stereocenters. The number of nitrogens with one attached hydrogen (secondary N) is 1. The Kier molecular flexibility index (Phi) is 7.22. The molecule has 5 nitrogen and oxygen atoms in total. The minimum Gasteiger partial charge on any atom is -0.387 e. The number of hydrogen-bond acceptors (Lipinski definition) is 4. The van der Waals surface area contributed by atoms with Gasteiger partial charge in [0.15, 0.2) is 0 Å². The van der Waals surface area contributed by atoms with Crippen molar-refractivity contribution in [3.8, 4) is 33.6 Å². The minimum atomic E-state index is -3.37. The van der Waals surface area contributed by atoms with E-state index in [1.54, 1.807) is 30.6 Å². The molecule has 0 saturated heterocycles. The van der Waals surface area contributed by atoms with Crippen molar-refractivity contribution in [2.24, 2.45) is 0 Å². The van der Waals surface area contributed by atoms with E-state index in [1.807, 2.05) is 30.3 Å². The molecule has 2 N–H and O–H groups in total. The van der Waals surface area contributed by atoms with Crippen molar-refractivity contribution in [1.82, 2.24) is 9.97 Å². The number of hydrogen-bond donors (Lipinski definition) is 2. The van der Waals surface area contributed by atoms with Gasteiger partial charge in [0.1, 0.15) is 6.10 Å². The Balaban J connectivity index is 1.85. The van der Waals surface area contributed by atoms with Crippen LogP contribution in [0.15, 0.2) is 79.1 Å². The van der Waals surface area contributed by atoms with Crippen LogP contribution in [0, 0.1) is 0 Å². The standard InChI is InChI=1S/C29H27F2N3O2/c1-4-20-7-5-6-8-24(20)28-27(32-15-16-33-28)22-11-14-26(34-19(3)36)25(17-22)21-9-12-23(13-10-21)29(30,31)18(2)35/h5-18,35H,4H2,1-3H3,(H,34,36)/t18-/m1/s1. The van der Waals surface area contributed by atoms with Crippen LogP contribution >= 0.6 is 0 Å². The first-order valence-electron chi connectivity index (χ1n) is 11.7. The van der Waals surface area contributed by atoms with E-state index in [2.05, 4.69) is 28.3 Å². The van der Waals surface area contributed by atoms with Gasteiger partial charge in [0, 0.05) is 47.3 Å². The van der Waals surface area contributed by atoms with Crippen molar-refractivity contribution in [2.75, 3.05) is 5.32 Å². The van der Waals surface area contributed by atoms with E-state index < -0.39 is 12.0 Å². The molecule has 0 aliphatic rings. The number of aromatic nitrogens is 2. The van der Waals surface area contributed by atoms with Gasteiger partial charge in [-0.05, 0) is 36.6 Å². The number of aliphatic hydroxyl groups excluding tert-OH is 1. The van der Waals surface area contributed by atoms with Gasteiger partial charge in [-0.3, -0.25) is 14.8 Å². The monoisotopic (exact) mass is 487 g/mol. The fourth-order valence-electron chi connectivity index (χ4n) is 4.15. The van der Waals surface area contributed by atoms with Crippen LogP contribution in [0.1, 0.15) is 31.9 Å². The lowest BCUT2D eigenvalue weighted by Crippen LogP contribution is -2.27. The third-order valence-electron chi connectivity index (χ3n) is 6.06. The highest BCUT2D eigenvalue weighted by molar-refractivity contribution is 5.95. The third-order valence-corrected chi connectivity index (χ3v) is 6.06. The number of aliphatic hydroxyl groups is 1. The molecule has 7 heteroatoms. The van der Waals surface area contributed by atoms with Gasteiger partial charge in [-0.15, -0.1) is 0 Å². The summed E-state index contributed by atoms with van der Waals surface area (Å²) in [5.41, 5.74) is 5.84. The minimum absolute atomic E-state index is 0.252. The molecule has 0 saturated carbocycles. The number of nitrogens with zero attached hydrogens (tertiary/aromatic N) is 2. The fraction of sp³-hybridized carbons (Fsp3) is 0.207. The summed E-state index contributed by atoms with van der Waals surface area (Å²) >= 11 is 0. The molecule has 36 heavy (non-hydrogen) atoms. The maximum Gasteiger partial charge on any atom is 0.298 e. The largest absolute Gasteiger partial charge is 0.387 e. The molecule has 1 amide bonds. The second-order valence-corrected chi connectivity index (χ2v) is 8.58. The van der Waals surface area contributed by atoms with Gasteiger partial charge in [0.25, 0.3) is 5.92 Å². The van der Waals surface area contributed by atoms with E-state index in [-0.39, 0.29) is 11.5 Å². The second kappa shape index (κ2) is 10.3. The van der Waals surface area contributed by atoms with Gasteiger partial charge in [-0.2, -0.15) is 8.78 Å². The Bertz CT molecular complexity index is 1390. The summed E-state index contributed by atoms with van der Waals surface area (Å²) in [5, 5.41) is 12.3. The zero-order valence-electron chi connectivity index (χ0n) is 20.3. The van der Waals surface area contributed by atoms with Gasteiger partial charge in [-0.1, -0.05) is 61.5 Å². The predicted octanol–water partition coefficient (Wildman–Crippen LogP) is 6.47. The third kappa shape index (κ3) is 5.02. The van der Waals surface area contributed by atoms with Crippen molar-refractivity contribution < 1.29 is 18.7 Å². The maximum atomic E-state index is 14.3.